The average Bonchev–Trinajstić information content (AvgIpc) is 2.45. The second-order valence-electron chi connectivity index (χ2n) is 4.70. The highest BCUT2D eigenvalue weighted by Crippen LogP contribution is 1.99. The first-order chi connectivity index (χ1) is 9.45. The third kappa shape index (κ3) is 15.4. The SMILES string of the molecule is CC[N+](C)(CC)CCOC.COCCOCCC(=O)[O-]. The Morgan fingerprint density at radius 2 is 1.55 bits per heavy atom. The van der Waals surface area contributed by atoms with Gasteiger partial charge in [-0.1, -0.05) is 0 Å². The number of carboxylic acid groups (broad SMARTS) is 1. The number of hydrogen-bond acceptors (Lipinski definition) is 5. The van der Waals surface area contributed by atoms with Crippen LogP contribution in [0.3, 0.4) is 0 Å². The van der Waals surface area contributed by atoms with Gasteiger partial charge < -0.3 is 28.6 Å². The standard InChI is InChI=1S/C8H20NO.C6H12O4/c1-5-9(3,6-2)7-8-10-4;1-9-4-5-10-3-2-6(7)8/h5-8H2,1-4H3;2-5H2,1H3,(H,7,8)/q+1;/p-1. The highest BCUT2D eigenvalue weighted by Gasteiger charge is 2.14. The lowest BCUT2D eigenvalue weighted by Crippen LogP contribution is -2.45. The molecule has 0 saturated heterocycles. The van der Waals surface area contributed by atoms with E-state index in [9.17, 15) is 9.90 Å². The van der Waals surface area contributed by atoms with Crippen molar-refractivity contribution in [3.63, 3.8) is 0 Å². The van der Waals surface area contributed by atoms with Gasteiger partial charge in [0.25, 0.3) is 0 Å². The van der Waals surface area contributed by atoms with E-state index in [0.717, 1.165) is 17.6 Å². The number of carbonyl (C=O) groups excluding carboxylic acids is 1. The summed E-state index contributed by atoms with van der Waals surface area (Å²) in [4.78, 5) is 9.81. The lowest BCUT2D eigenvalue weighted by atomic mass is 10.4. The molecule has 0 unspecified atom stereocenters. The molecule has 0 aromatic rings. The summed E-state index contributed by atoms with van der Waals surface area (Å²) in [5, 5.41) is 9.81. The van der Waals surface area contributed by atoms with E-state index in [-0.39, 0.29) is 13.0 Å². The number of ether oxygens (including phenoxy) is 3. The fourth-order valence-corrected chi connectivity index (χ4v) is 1.25. The largest absolute Gasteiger partial charge is 0.550 e. The molecule has 6 nitrogen and oxygen atoms in total. The quantitative estimate of drug-likeness (QED) is 0.393. The fraction of sp³-hybridized carbons (Fsp3) is 0.929. The van der Waals surface area contributed by atoms with Crippen molar-refractivity contribution in [2.75, 3.05) is 67.3 Å². The predicted molar refractivity (Wildman–Crippen MR) is 76.3 cm³/mol. The Kier molecular flexibility index (Phi) is 15.9. The number of carboxylic acids is 1. The van der Waals surface area contributed by atoms with Crippen molar-refractivity contribution in [1.29, 1.82) is 0 Å². The minimum Gasteiger partial charge on any atom is -0.550 e. The molecule has 0 saturated carbocycles. The van der Waals surface area contributed by atoms with Crippen molar-refractivity contribution in [3.05, 3.63) is 0 Å². The van der Waals surface area contributed by atoms with E-state index in [1.807, 2.05) is 0 Å². The molecule has 0 fully saturated rings. The van der Waals surface area contributed by atoms with Crippen molar-refractivity contribution < 1.29 is 28.6 Å². The summed E-state index contributed by atoms with van der Waals surface area (Å²) in [6.45, 7) is 9.96. The maximum absolute atomic E-state index is 9.81. The number of quaternary nitrogens is 1. The average molecular weight is 293 g/mol. The van der Waals surface area contributed by atoms with E-state index in [2.05, 4.69) is 25.6 Å². The van der Waals surface area contributed by atoms with Gasteiger partial charge in [0.05, 0.1) is 46.6 Å². The number of likely N-dealkylation sites (N-methyl/N-ethyl adjacent to an activating group) is 1. The summed E-state index contributed by atoms with van der Waals surface area (Å²) in [6.07, 6.45) is -0.0519. The zero-order chi connectivity index (χ0) is 15.9. The van der Waals surface area contributed by atoms with Crippen molar-refractivity contribution in [1.82, 2.24) is 0 Å². The van der Waals surface area contributed by atoms with Gasteiger partial charge in [0.1, 0.15) is 6.54 Å². The van der Waals surface area contributed by atoms with Gasteiger partial charge in [0.15, 0.2) is 0 Å². The summed E-state index contributed by atoms with van der Waals surface area (Å²) in [5.41, 5.74) is 0. The van der Waals surface area contributed by atoms with Crippen LogP contribution in [0.15, 0.2) is 0 Å². The summed E-state index contributed by atoms with van der Waals surface area (Å²) in [6, 6.07) is 0. The molecule has 0 heterocycles. The van der Waals surface area contributed by atoms with Gasteiger partial charge in [0, 0.05) is 26.6 Å². The summed E-state index contributed by atoms with van der Waals surface area (Å²) in [7, 11) is 5.58. The first-order valence-corrected chi connectivity index (χ1v) is 7.04. The molecule has 0 radical (unpaired) electrons. The maximum Gasteiger partial charge on any atom is 0.102 e. The summed E-state index contributed by atoms with van der Waals surface area (Å²) < 4.78 is 15.6. The molecule has 0 aliphatic rings. The van der Waals surface area contributed by atoms with Crippen LogP contribution in [0, 0.1) is 0 Å². The van der Waals surface area contributed by atoms with Gasteiger partial charge in [-0.3, -0.25) is 0 Å². The lowest BCUT2D eigenvalue weighted by molar-refractivity contribution is -0.906. The molecule has 0 aliphatic heterocycles. The first-order valence-electron chi connectivity index (χ1n) is 7.04. The van der Waals surface area contributed by atoms with E-state index in [1.165, 1.54) is 13.1 Å². The van der Waals surface area contributed by atoms with Gasteiger partial charge in [0.2, 0.25) is 0 Å². The third-order valence-corrected chi connectivity index (χ3v) is 3.24. The molecule has 0 aromatic heterocycles. The second kappa shape index (κ2) is 14.7. The van der Waals surface area contributed by atoms with Gasteiger partial charge >= 0.3 is 0 Å². The Hall–Kier alpha value is -0.690. The molecule has 0 aliphatic carbocycles. The van der Waals surface area contributed by atoms with Crippen LogP contribution in [0.1, 0.15) is 20.3 Å². The number of nitrogens with zero attached hydrogens (tertiary/aromatic N) is 1. The fourth-order valence-electron chi connectivity index (χ4n) is 1.25. The normalized spacial score (nSPS) is 10.8. The number of carbonyl (C=O) groups is 1. The minimum atomic E-state index is -1.09. The summed E-state index contributed by atoms with van der Waals surface area (Å²) in [5.74, 6) is -1.09. The monoisotopic (exact) mass is 293 g/mol. The van der Waals surface area contributed by atoms with Crippen molar-refractivity contribution in [2.24, 2.45) is 0 Å². The molecule has 20 heavy (non-hydrogen) atoms. The topological polar surface area (TPSA) is 67.8 Å². The molecular formula is C14H31NO5. The third-order valence-electron chi connectivity index (χ3n) is 3.24. The van der Waals surface area contributed by atoms with Crippen LogP contribution < -0.4 is 5.11 Å². The molecule has 0 bridgehead atoms. The zero-order valence-electron chi connectivity index (χ0n) is 13.6. The zero-order valence-corrected chi connectivity index (χ0v) is 13.6. The van der Waals surface area contributed by atoms with Gasteiger partial charge in [-0.2, -0.15) is 0 Å². The number of rotatable bonds is 11. The Bertz CT molecular complexity index is 220. The molecule has 0 atom stereocenters. The minimum absolute atomic E-state index is 0.0519. The van der Waals surface area contributed by atoms with Crippen LogP contribution in [0.2, 0.25) is 0 Å². The molecule has 0 amide bonds. The predicted octanol–water partition coefficient (Wildman–Crippen LogP) is -0.0914. The number of methoxy groups -OCH3 is 2. The van der Waals surface area contributed by atoms with E-state index in [1.54, 1.807) is 14.2 Å². The molecular weight excluding hydrogens is 262 g/mol. The Morgan fingerprint density at radius 1 is 1.00 bits per heavy atom. The molecule has 0 N–H and O–H groups in total. The van der Waals surface area contributed by atoms with Crippen LogP contribution in [0.25, 0.3) is 0 Å². The molecule has 0 spiro atoms. The maximum atomic E-state index is 9.81. The summed E-state index contributed by atoms with van der Waals surface area (Å²) >= 11 is 0. The van der Waals surface area contributed by atoms with Crippen LogP contribution in [0.4, 0.5) is 0 Å². The van der Waals surface area contributed by atoms with Gasteiger partial charge in [-0.15, -0.1) is 0 Å². The molecule has 0 aromatic carbocycles. The van der Waals surface area contributed by atoms with E-state index >= 15 is 0 Å². The lowest BCUT2D eigenvalue weighted by Gasteiger charge is -2.31. The highest BCUT2D eigenvalue weighted by atomic mass is 16.5. The van der Waals surface area contributed by atoms with Crippen molar-refractivity contribution in [3.8, 4) is 0 Å². The smallest absolute Gasteiger partial charge is 0.102 e. The van der Waals surface area contributed by atoms with E-state index in [0.29, 0.717) is 13.2 Å². The van der Waals surface area contributed by atoms with E-state index < -0.39 is 5.97 Å². The van der Waals surface area contributed by atoms with Crippen LogP contribution in [0.5, 0.6) is 0 Å². The number of aliphatic carboxylic acids is 1. The van der Waals surface area contributed by atoms with Gasteiger partial charge in [-0.05, 0) is 13.8 Å². The highest BCUT2D eigenvalue weighted by molar-refractivity contribution is 5.64. The van der Waals surface area contributed by atoms with Gasteiger partial charge in [-0.25, -0.2) is 0 Å². The Balaban J connectivity index is 0. The van der Waals surface area contributed by atoms with Crippen molar-refractivity contribution in [2.45, 2.75) is 20.3 Å². The number of hydrogen-bond donors (Lipinski definition) is 0. The molecule has 122 valence electrons. The second-order valence-corrected chi connectivity index (χ2v) is 4.70. The van der Waals surface area contributed by atoms with Crippen molar-refractivity contribution >= 4 is 5.97 Å². The van der Waals surface area contributed by atoms with Crippen LogP contribution >= 0.6 is 0 Å². The Morgan fingerprint density at radius 3 is 1.95 bits per heavy atom. The van der Waals surface area contributed by atoms with E-state index in [4.69, 9.17) is 9.47 Å². The Labute approximate surface area is 123 Å². The molecule has 6 heteroatoms. The van der Waals surface area contributed by atoms with Crippen LogP contribution in [-0.2, 0) is 19.0 Å². The first kappa shape index (κ1) is 21.6. The van der Waals surface area contributed by atoms with Crippen LogP contribution in [-0.4, -0.2) is 77.8 Å². The molecule has 0 rings (SSSR count).